The molecular weight excluding hydrogens is 328 g/mol. The summed E-state index contributed by atoms with van der Waals surface area (Å²) in [6, 6.07) is 9.78. The predicted molar refractivity (Wildman–Crippen MR) is 95.6 cm³/mol. The third-order valence-electron chi connectivity index (χ3n) is 4.12. The molecule has 0 aliphatic heterocycles. The van der Waals surface area contributed by atoms with Crippen LogP contribution in [0.1, 0.15) is 30.5 Å². The summed E-state index contributed by atoms with van der Waals surface area (Å²) in [6.07, 6.45) is 2.74. The van der Waals surface area contributed by atoms with Gasteiger partial charge in [-0.15, -0.1) is 11.8 Å². The quantitative estimate of drug-likeness (QED) is 0.630. The first kappa shape index (κ1) is 18.7. The van der Waals surface area contributed by atoms with E-state index in [1.165, 1.54) is 12.1 Å². The molecule has 2 nitrogen and oxygen atoms in total. The first-order valence-corrected chi connectivity index (χ1v) is 9.08. The van der Waals surface area contributed by atoms with E-state index in [1.54, 1.807) is 18.9 Å². The highest BCUT2D eigenvalue weighted by Gasteiger charge is 2.19. The second-order valence-corrected chi connectivity index (χ2v) is 6.54. The summed E-state index contributed by atoms with van der Waals surface area (Å²) in [5, 5.41) is 0. The molecule has 0 fully saturated rings. The van der Waals surface area contributed by atoms with Crippen LogP contribution >= 0.6 is 11.8 Å². The molecule has 0 aromatic heterocycles. The van der Waals surface area contributed by atoms with E-state index in [0.717, 1.165) is 28.7 Å². The Morgan fingerprint density at radius 2 is 1.92 bits per heavy atom. The Labute approximate surface area is 146 Å². The van der Waals surface area contributed by atoms with Crippen molar-refractivity contribution in [1.29, 1.82) is 0 Å². The van der Waals surface area contributed by atoms with Gasteiger partial charge in [0.1, 0.15) is 17.4 Å². The molecule has 0 N–H and O–H groups in total. The van der Waals surface area contributed by atoms with Gasteiger partial charge in [0.2, 0.25) is 0 Å². The SMILES string of the molecule is CCC(c1ccc(F)cc1F)N(C)Cc1ccc(SC)c(OC)c1. The van der Waals surface area contributed by atoms with E-state index in [9.17, 15) is 8.78 Å². The van der Waals surface area contributed by atoms with Crippen molar-refractivity contribution in [1.82, 2.24) is 4.90 Å². The summed E-state index contributed by atoms with van der Waals surface area (Å²) in [7, 11) is 3.61. The van der Waals surface area contributed by atoms with Gasteiger partial charge in [0.05, 0.1) is 7.11 Å². The standard InChI is InChI=1S/C19H23F2NOS/c1-5-17(15-8-7-14(20)11-16(15)21)22(2)12-13-6-9-19(24-4)18(10-13)23-3/h6-11,17H,5,12H2,1-4H3. The van der Waals surface area contributed by atoms with Gasteiger partial charge in [-0.1, -0.05) is 19.1 Å². The van der Waals surface area contributed by atoms with E-state index in [4.69, 9.17) is 4.74 Å². The van der Waals surface area contributed by atoms with Crippen molar-refractivity contribution in [2.24, 2.45) is 0 Å². The van der Waals surface area contributed by atoms with Crippen molar-refractivity contribution < 1.29 is 13.5 Å². The molecule has 0 heterocycles. The molecule has 0 aliphatic rings. The summed E-state index contributed by atoms with van der Waals surface area (Å²) < 4.78 is 32.7. The molecule has 0 bridgehead atoms. The van der Waals surface area contributed by atoms with Crippen LogP contribution in [-0.4, -0.2) is 25.3 Å². The number of rotatable bonds is 7. The van der Waals surface area contributed by atoms with E-state index in [1.807, 2.05) is 32.4 Å². The van der Waals surface area contributed by atoms with Gasteiger partial charge in [-0.05, 0) is 43.5 Å². The minimum absolute atomic E-state index is 0.114. The van der Waals surface area contributed by atoms with Crippen LogP contribution in [-0.2, 0) is 6.54 Å². The van der Waals surface area contributed by atoms with Gasteiger partial charge >= 0.3 is 0 Å². The molecule has 1 atom stereocenters. The molecule has 0 aliphatic carbocycles. The third-order valence-corrected chi connectivity index (χ3v) is 4.90. The summed E-state index contributed by atoms with van der Waals surface area (Å²) in [5.74, 6) is -0.204. The van der Waals surface area contributed by atoms with E-state index in [2.05, 4.69) is 11.0 Å². The monoisotopic (exact) mass is 351 g/mol. The van der Waals surface area contributed by atoms with Crippen molar-refractivity contribution in [2.75, 3.05) is 20.4 Å². The largest absolute Gasteiger partial charge is 0.496 e. The van der Waals surface area contributed by atoms with Gasteiger partial charge in [0.25, 0.3) is 0 Å². The van der Waals surface area contributed by atoms with Crippen LogP contribution in [0.2, 0.25) is 0 Å². The van der Waals surface area contributed by atoms with E-state index in [-0.39, 0.29) is 6.04 Å². The number of methoxy groups -OCH3 is 1. The summed E-state index contributed by atoms with van der Waals surface area (Å²) in [4.78, 5) is 3.16. The van der Waals surface area contributed by atoms with Crippen molar-refractivity contribution in [3.05, 3.63) is 59.2 Å². The Hall–Kier alpha value is -1.59. The maximum absolute atomic E-state index is 14.1. The van der Waals surface area contributed by atoms with Crippen LogP contribution in [0.15, 0.2) is 41.3 Å². The van der Waals surface area contributed by atoms with Crippen LogP contribution in [0, 0.1) is 11.6 Å². The van der Waals surface area contributed by atoms with Gasteiger partial charge in [-0.3, -0.25) is 4.90 Å². The second kappa shape index (κ2) is 8.49. The van der Waals surface area contributed by atoms with Gasteiger partial charge in [0.15, 0.2) is 0 Å². The number of halogens is 2. The summed E-state index contributed by atoms with van der Waals surface area (Å²) >= 11 is 1.63. The minimum atomic E-state index is -0.550. The van der Waals surface area contributed by atoms with Crippen molar-refractivity contribution in [2.45, 2.75) is 30.8 Å². The zero-order valence-electron chi connectivity index (χ0n) is 14.5. The fraction of sp³-hybridized carbons (Fsp3) is 0.368. The Bertz CT molecular complexity index is 693. The molecule has 130 valence electrons. The smallest absolute Gasteiger partial charge is 0.132 e. The Balaban J connectivity index is 2.21. The predicted octanol–water partition coefficient (Wildman–Crippen LogP) is 5.28. The molecular formula is C19H23F2NOS. The van der Waals surface area contributed by atoms with E-state index < -0.39 is 11.6 Å². The van der Waals surface area contributed by atoms with E-state index in [0.29, 0.717) is 12.1 Å². The van der Waals surface area contributed by atoms with Crippen LogP contribution < -0.4 is 4.74 Å². The second-order valence-electron chi connectivity index (χ2n) is 5.69. The number of ether oxygens (including phenoxy) is 1. The average molecular weight is 351 g/mol. The average Bonchev–Trinajstić information content (AvgIpc) is 2.57. The fourth-order valence-corrected chi connectivity index (χ4v) is 3.47. The lowest BCUT2D eigenvalue weighted by molar-refractivity contribution is 0.225. The highest BCUT2D eigenvalue weighted by Crippen LogP contribution is 2.31. The molecule has 24 heavy (non-hydrogen) atoms. The van der Waals surface area contributed by atoms with Gasteiger partial charge in [-0.2, -0.15) is 0 Å². The number of nitrogens with zero attached hydrogens (tertiary/aromatic N) is 1. The maximum Gasteiger partial charge on any atom is 0.132 e. The maximum atomic E-state index is 14.1. The lowest BCUT2D eigenvalue weighted by Crippen LogP contribution is -2.24. The number of thioether (sulfide) groups is 1. The highest BCUT2D eigenvalue weighted by atomic mass is 32.2. The van der Waals surface area contributed by atoms with Crippen LogP contribution in [0.25, 0.3) is 0 Å². The highest BCUT2D eigenvalue weighted by molar-refractivity contribution is 7.98. The van der Waals surface area contributed by atoms with Gasteiger partial charge in [-0.25, -0.2) is 8.78 Å². The van der Waals surface area contributed by atoms with Gasteiger partial charge < -0.3 is 4.74 Å². The molecule has 0 saturated heterocycles. The first-order valence-electron chi connectivity index (χ1n) is 7.86. The number of hydrogen-bond donors (Lipinski definition) is 0. The topological polar surface area (TPSA) is 12.5 Å². The molecule has 5 heteroatoms. The van der Waals surface area contributed by atoms with E-state index >= 15 is 0 Å². The summed E-state index contributed by atoms with van der Waals surface area (Å²) in [6.45, 7) is 2.65. The van der Waals surface area contributed by atoms with Crippen LogP contribution in [0.5, 0.6) is 5.75 Å². The number of hydrogen-bond acceptors (Lipinski definition) is 3. The molecule has 0 radical (unpaired) electrons. The van der Waals surface area contributed by atoms with Gasteiger partial charge in [0, 0.05) is 29.1 Å². The minimum Gasteiger partial charge on any atom is -0.496 e. The lowest BCUT2D eigenvalue weighted by Gasteiger charge is -2.28. The number of benzene rings is 2. The molecule has 0 saturated carbocycles. The molecule has 0 amide bonds. The first-order chi connectivity index (χ1) is 11.5. The Morgan fingerprint density at radius 3 is 2.50 bits per heavy atom. The van der Waals surface area contributed by atoms with Crippen molar-refractivity contribution in [3.63, 3.8) is 0 Å². The fourth-order valence-electron chi connectivity index (χ4n) is 2.92. The molecule has 1 unspecified atom stereocenters. The van der Waals surface area contributed by atoms with Crippen LogP contribution in [0.4, 0.5) is 8.78 Å². The third kappa shape index (κ3) is 4.28. The van der Waals surface area contributed by atoms with Crippen LogP contribution in [0.3, 0.4) is 0 Å². The van der Waals surface area contributed by atoms with Crippen molar-refractivity contribution in [3.8, 4) is 5.75 Å². The molecule has 2 aromatic carbocycles. The molecule has 2 aromatic rings. The zero-order chi connectivity index (χ0) is 17.7. The summed E-state index contributed by atoms with van der Waals surface area (Å²) in [5.41, 5.74) is 1.61. The molecule has 0 spiro atoms. The van der Waals surface area contributed by atoms with Crippen molar-refractivity contribution >= 4 is 11.8 Å². The molecule has 2 rings (SSSR count). The Kier molecular flexibility index (Phi) is 6.63. The normalized spacial score (nSPS) is 12.5. The zero-order valence-corrected chi connectivity index (χ0v) is 15.3. The lowest BCUT2D eigenvalue weighted by atomic mass is 10.0. The Morgan fingerprint density at radius 1 is 1.17 bits per heavy atom.